The summed E-state index contributed by atoms with van der Waals surface area (Å²) < 4.78 is 0. The molecule has 22 nitrogen and oxygen atoms in total. The van der Waals surface area contributed by atoms with Crippen LogP contribution in [0.1, 0.15) is 152 Å². The van der Waals surface area contributed by atoms with Gasteiger partial charge in [-0.25, -0.2) is 9.59 Å². The summed E-state index contributed by atoms with van der Waals surface area (Å²) in [5, 5.41) is 45.9. The van der Waals surface area contributed by atoms with Gasteiger partial charge in [-0.15, -0.1) is 0 Å². The Morgan fingerprint density at radius 3 is 1.26 bits per heavy atom. The molecule has 10 N–H and O–H groups in total. The number of unbranched alkanes of at least 4 members (excludes halogenated alkanes) is 6. The quantitative estimate of drug-likeness (QED) is 0.0397. The van der Waals surface area contributed by atoms with Gasteiger partial charge in [-0.05, 0) is 112 Å². The molecule has 6 aliphatic heterocycles. The van der Waals surface area contributed by atoms with Gasteiger partial charge in [0.05, 0.1) is 24.2 Å². The molecule has 6 aliphatic rings. The molecule has 0 radical (unpaired) electrons. The summed E-state index contributed by atoms with van der Waals surface area (Å²) in [6.07, 6.45) is 19.0. The van der Waals surface area contributed by atoms with E-state index >= 15 is 0 Å². The minimum atomic E-state index is -1.15. The Kier molecular flexibility index (Phi) is 25.3. The van der Waals surface area contributed by atoms with E-state index in [0.29, 0.717) is 86.6 Å². The topological polar surface area (TPSA) is 306 Å². The van der Waals surface area contributed by atoms with Crippen LogP contribution in [0.4, 0.5) is 9.59 Å². The number of pyridine rings is 2. The molecule has 0 saturated carbocycles. The summed E-state index contributed by atoms with van der Waals surface area (Å²) in [6, 6.07) is 5.24. The first kappa shape index (κ1) is 61.9. The molecule has 6 fully saturated rings. The van der Waals surface area contributed by atoms with Crippen molar-refractivity contribution in [1.29, 1.82) is 0 Å². The number of fused-ring (bicyclic) bond motifs is 2. The monoisotopic (exact) mass is 1150 g/mol. The minimum absolute atomic E-state index is 0.0406. The molecule has 10 amide bonds. The van der Waals surface area contributed by atoms with Gasteiger partial charge in [0, 0.05) is 112 Å². The van der Waals surface area contributed by atoms with Crippen molar-refractivity contribution >= 4 is 71.0 Å². The molecule has 0 unspecified atom stereocenters. The molecule has 0 aromatic carbocycles. The molecule has 2 aromatic rings. The standard InChI is InChI=1S/2C28H42N6O5S/c2*35-22(9-4-3-8-21-24-20(18-40-21)31-28(39)33-24)30-13-5-1-2-10-23(36)32-25(27(38)34-16-6-7-17-34)26(37)19-11-14-29-15-12-19/h2*11-12,14-15,20-21,24-26,37H,1-10,13,16-18H2,(H,30,35)(H,32,36)(H2,31,33,39)/t20-,21-,24-,25+,26-;20-,21-,24-,25-,26+/m00/s1. The second-order valence-electron chi connectivity index (χ2n) is 21.7. The van der Waals surface area contributed by atoms with E-state index in [1.54, 1.807) is 58.9 Å². The number of aromatic nitrogens is 2. The first-order chi connectivity index (χ1) is 38.8. The Balaban J connectivity index is 0.000000231. The predicted octanol–water partition coefficient (Wildman–Crippen LogP) is 3.25. The van der Waals surface area contributed by atoms with Crippen molar-refractivity contribution in [1.82, 2.24) is 62.3 Å². The fraction of sp³-hybridized carbons (Fsp3) is 0.679. The van der Waals surface area contributed by atoms with Crippen LogP contribution in [0.2, 0.25) is 0 Å². The van der Waals surface area contributed by atoms with E-state index in [-0.39, 0.29) is 84.5 Å². The van der Waals surface area contributed by atoms with Crippen LogP contribution in [0, 0.1) is 0 Å². The third-order valence-corrected chi connectivity index (χ3v) is 18.7. The summed E-state index contributed by atoms with van der Waals surface area (Å²) >= 11 is 3.78. The lowest BCUT2D eigenvalue weighted by atomic mass is 10.0. The number of urea groups is 2. The highest BCUT2D eigenvalue weighted by molar-refractivity contribution is 8.00. The zero-order chi connectivity index (χ0) is 56.6. The molecule has 2 aromatic heterocycles. The number of hydrogen-bond donors (Lipinski definition) is 10. The number of nitrogens with one attached hydrogen (secondary N) is 8. The van der Waals surface area contributed by atoms with Crippen LogP contribution in [0.5, 0.6) is 0 Å². The molecule has 80 heavy (non-hydrogen) atoms. The summed E-state index contributed by atoms with van der Waals surface area (Å²) in [5.41, 5.74) is 1.07. The molecule has 0 spiro atoms. The Hall–Kier alpha value is -5.72. The number of nitrogens with zero attached hydrogens (tertiary/aromatic N) is 4. The fourth-order valence-electron chi connectivity index (χ4n) is 11.2. The molecule has 0 bridgehead atoms. The zero-order valence-corrected chi connectivity index (χ0v) is 47.6. The number of carbonyl (C=O) groups is 8. The van der Waals surface area contributed by atoms with E-state index in [0.717, 1.165) is 101 Å². The van der Waals surface area contributed by atoms with Crippen LogP contribution >= 0.6 is 23.5 Å². The van der Waals surface area contributed by atoms with E-state index in [1.807, 2.05) is 23.5 Å². The molecule has 6 saturated heterocycles. The first-order valence-corrected chi connectivity index (χ1v) is 31.2. The highest BCUT2D eigenvalue weighted by Gasteiger charge is 2.44. The van der Waals surface area contributed by atoms with Crippen LogP contribution in [0.3, 0.4) is 0 Å². The normalized spacial score (nSPS) is 23.2. The molecule has 8 heterocycles. The summed E-state index contributed by atoms with van der Waals surface area (Å²) in [7, 11) is 0. The number of thioether (sulfide) groups is 2. The van der Waals surface area contributed by atoms with Crippen molar-refractivity contribution in [3.05, 3.63) is 60.2 Å². The Labute approximate surface area is 478 Å². The van der Waals surface area contributed by atoms with Crippen LogP contribution < -0.4 is 42.5 Å². The van der Waals surface area contributed by atoms with Crippen LogP contribution in [-0.2, 0) is 28.8 Å². The van der Waals surface area contributed by atoms with Gasteiger partial charge in [0.1, 0.15) is 24.3 Å². The van der Waals surface area contributed by atoms with E-state index < -0.39 is 24.3 Å². The smallest absolute Gasteiger partial charge is 0.315 e. The fourth-order valence-corrected chi connectivity index (χ4v) is 14.3. The van der Waals surface area contributed by atoms with Gasteiger partial charge >= 0.3 is 12.1 Å². The van der Waals surface area contributed by atoms with Gasteiger partial charge in [0.2, 0.25) is 35.4 Å². The highest BCUT2D eigenvalue weighted by Crippen LogP contribution is 2.34. The maximum atomic E-state index is 13.1. The number of amides is 10. The van der Waals surface area contributed by atoms with Crippen molar-refractivity contribution in [3.8, 4) is 0 Å². The SMILES string of the molecule is O=C(CCCC[C@@H]1SC[C@@H]2NC(=O)N[C@@H]21)NCCCCCC(=O)N[C@@H](C(=O)N1CCCC1)[C@@H](O)c1ccncc1.O=C(CCCC[C@@H]1SC[C@@H]2NC(=O)N[C@@H]21)NCCCCCC(=O)N[C@H](C(=O)N1CCCC1)[C@H](O)c1ccncc1. The van der Waals surface area contributed by atoms with Crippen molar-refractivity contribution in [2.45, 2.75) is 187 Å². The van der Waals surface area contributed by atoms with Crippen molar-refractivity contribution < 1.29 is 48.6 Å². The lowest BCUT2D eigenvalue weighted by Crippen LogP contribution is -2.51. The average molecular weight is 1150 g/mol. The van der Waals surface area contributed by atoms with Gasteiger partial charge in [-0.1, -0.05) is 25.7 Å². The van der Waals surface area contributed by atoms with Crippen molar-refractivity contribution in [3.63, 3.8) is 0 Å². The van der Waals surface area contributed by atoms with E-state index in [9.17, 15) is 48.6 Å². The number of aliphatic hydroxyl groups is 2. The van der Waals surface area contributed by atoms with Crippen LogP contribution in [-0.4, -0.2) is 175 Å². The predicted molar refractivity (Wildman–Crippen MR) is 305 cm³/mol. The number of hydrogen-bond acceptors (Lipinski definition) is 14. The highest BCUT2D eigenvalue weighted by atomic mass is 32.2. The van der Waals surface area contributed by atoms with Crippen LogP contribution in [0.25, 0.3) is 0 Å². The molecule has 0 aliphatic carbocycles. The third-order valence-electron chi connectivity index (χ3n) is 15.7. The van der Waals surface area contributed by atoms with E-state index in [2.05, 4.69) is 52.5 Å². The van der Waals surface area contributed by atoms with Gasteiger partial charge in [-0.3, -0.25) is 38.7 Å². The molecular formula is C56H84N12O10S2. The average Bonchev–Trinajstić information content (AvgIpc) is 4.38. The zero-order valence-electron chi connectivity index (χ0n) is 46.0. The molecule has 10 atom stereocenters. The minimum Gasteiger partial charge on any atom is -0.386 e. The first-order valence-electron chi connectivity index (χ1n) is 29.1. The van der Waals surface area contributed by atoms with Crippen molar-refractivity contribution in [2.24, 2.45) is 0 Å². The molecule has 24 heteroatoms. The number of carbonyl (C=O) groups excluding carboxylic acids is 8. The third kappa shape index (κ3) is 19.2. The van der Waals surface area contributed by atoms with Gasteiger partial charge in [-0.2, -0.15) is 23.5 Å². The van der Waals surface area contributed by atoms with Gasteiger partial charge in [0.15, 0.2) is 0 Å². The Morgan fingerprint density at radius 1 is 0.512 bits per heavy atom. The second-order valence-corrected chi connectivity index (χ2v) is 24.2. The largest absolute Gasteiger partial charge is 0.386 e. The molecule has 440 valence electrons. The maximum Gasteiger partial charge on any atom is 0.315 e. The lowest BCUT2D eigenvalue weighted by Gasteiger charge is -2.28. The summed E-state index contributed by atoms with van der Waals surface area (Å²) in [6.45, 7) is 3.68. The van der Waals surface area contributed by atoms with Gasteiger partial charge < -0.3 is 62.5 Å². The van der Waals surface area contributed by atoms with E-state index in [1.165, 1.54) is 0 Å². The number of aliphatic hydroxyl groups excluding tert-OH is 2. The second kappa shape index (κ2) is 32.7. The Bertz CT molecular complexity index is 2180. The lowest BCUT2D eigenvalue weighted by molar-refractivity contribution is -0.139. The Morgan fingerprint density at radius 2 is 0.875 bits per heavy atom. The molecular weight excluding hydrogens is 1060 g/mol. The maximum absolute atomic E-state index is 13.1. The summed E-state index contributed by atoms with van der Waals surface area (Å²) in [4.78, 5) is 110. The molecule has 8 rings (SSSR count). The number of likely N-dealkylation sites (tertiary alicyclic amines) is 2. The van der Waals surface area contributed by atoms with Crippen LogP contribution in [0.15, 0.2) is 49.1 Å². The number of rotatable bonds is 30. The van der Waals surface area contributed by atoms with Crippen molar-refractivity contribution in [2.75, 3.05) is 50.8 Å². The van der Waals surface area contributed by atoms with E-state index in [4.69, 9.17) is 0 Å². The summed E-state index contributed by atoms with van der Waals surface area (Å²) in [5.74, 6) is 0.918. The van der Waals surface area contributed by atoms with Gasteiger partial charge in [0.25, 0.3) is 0 Å².